The number of aromatic nitrogens is 2. The lowest BCUT2D eigenvalue weighted by Crippen LogP contribution is -2.22. The summed E-state index contributed by atoms with van der Waals surface area (Å²) in [6, 6.07) is 10.4. The number of nitrogens with zero attached hydrogens (tertiary/aromatic N) is 3. The molecular weight excluding hydrogens is 364 g/mol. The summed E-state index contributed by atoms with van der Waals surface area (Å²) in [5.74, 6) is 0.478. The lowest BCUT2D eigenvalue weighted by atomic mass is 10.1. The third-order valence-corrected chi connectivity index (χ3v) is 4.93. The second kappa shape index (κ2) is 8.13. The molecular formula is C19H20N4O3S. The van der Waals surface area contributed by atoms with Gasteiger partial charge >= 0.3 is 0 Å². The summed E-state index contributed by atoms with van der Waals surface area (Å²) in [6.07, 6.45) is 0.835. The van der Waals surface area contributed by atoms with Crippen LogP contribution < -0.4 is 5.32 Å². The fraction of sp³-hybridized carbons (Fsp3) is 0.263. The second-order valence-corrected chi connectivity index (χ2v) is 7.21. The first-order valence-electron chi connectivity index (χ1n) is 8.49. The van der Waals surface area contributed by atoms with Crippen LogP contribution in [0.15, 0.2) is 40.8 Å². The van der Waals surface area contributed by atoms with Gasteiger partial charge in [-0.2, -0.15) is 0 Å². The lowest BCUT2D eigenvalue weighted by molar-refractivity contribution is 0.0797. The largest absolute Gasteiger partial charge is 0.451 e. The molecule has 0 atom stereocenters. The van der Waals surface area contributed by atoms with Crippen LogP contribution in [0.25, 0.3) is 11.3 Å². The van der Waals surface area contributed by atoms with E-state index in [1.165, 1.54) is 16.2 Å². The van der Waals surface area contributed by atoms with Gasteiger partial charge in [-0.3, -0.25) is 9.59 Å². The zero-order valence-corrected chi connectivity index (χ0v) is 16.2. The Hall–Kier alpha value is -3.00. The highest BCUT2D eigenvalue weighted by molar-refractivity contribution is 7.11. The molecule has 0 unspecified atom stereocenters. The van der Waals surface area contributed by atoms with Gasteiger partial charge in [0.05, 0.1) is 6.54 Å². The number of hydrogen-bond donors (Lipinski definition) is 1. The number of carbonyl (C=O) groups is 2. The van der Waals surface area contributed by atoms with Gasteiger partial charge in [0.25, 0.3) is 11.8 Å². The van der Waals surface area contributed by atoms with Crippen LogP contribution in [-0.4, -0.2) is 41.0 Å². The van der Waals surface area contributed by atoms with Crippen molar-refractivity contribution in [3.8, 4) is 11.3 Å². The molecule has 8 heteroatoms. The van der Waals surface area contributed by atoms with E-state index in [-0.39, 0.29) is 17.6 Å². The highest BCUT2D eigenvalue weighted by atomic mass is 32.1. The van der Waals surface area contributed by atoms with Gasteiger partial charge in [0.2, 0.25) is 0 Å². The molecule has 3 aromatic rings. The van der Waals surface area contributed by atoms with Gasteiger partial charge in [0.15, 0.2) is 5.76 Å². The Morgan fingerprint density at radius 2 is 1.78 bits per heavy atom. The summed E-state index contributed by atoms with van der Waals surface area (Å²) in [6.45, 7) is 2.37. The van der Waals surface area contributed by atoms with E-state index in [0.29, 0.717) is 17.9 Å². The molecule has 140 valence electrons. The summed E-state index contributed by atoms with van der Waals surface area (Å²) < 4.78 is 5.61. The predicted octanol–water partition coefficient (Wildman–Crippen LogP) is 2.99. The standard InChI is InChI=1S/C19H20N4O3S/c1-4-16-21-22-17(27-16)11-20-18(24)13-7-5-12(6-8-13)14-9-10-15(26-14)19(25)23(2)3/h5-10H,4,11H2,1-3H3,(H,20,24). The van der Waals surface area contributed by atoms with Gasteiger partial charge < -0.3 is 14.6 Å². The van der Waals surface area contributed by atoms with Crippen molar-refractivity contribution >= 4 is 23.2 Å². The second-order valence-electron chi connectivity index (χ2n) is 6.07. The van der Waals surface area contributed by atoms with Crippen molar-refractivity contribution in [1.29, 1.82) is 0 Å². The molecule has 0 saturated heterocycles. The van der Waals surface area contributed by atoms with E-state index in [9.17, 15) is 9.59 Å². The topological polar surface area (TPSA) is 88.3 Å². The summed E-state index contributed by atoms with van der Waals surface area (Å²) in [5.41, 5.74) is 1.33. The molecule has 0 aliphatic heterocycles. The number of carbonyl (C=O) groups excluding carboxylic acids is 2. The Kier molecular flexibility index (Phi) is 5.66. The van der Waals surface area contributed by atoms with E-state index >= 15 is 0 Å². The fourth-order valence-corrected chi connectivity index (χ4v) is 3.10. The maximum absolute atomic E-state index is 12.3. The number of hydrogen-bond acceptors (Lipinski definition) is 6. The van der Waals surface area contributed by atoms with Crippen LogP contribution in [0.5, 0.6) is 0 Å². The molecule has 0 radical (unpaired) electrons. The lowest BCUT2D eigenvalue weighted by Gasteiger charge is -2.07. The molecule has 3 rings (SSSR count). The third-order valence-electron chi connectivity index (χ3n) is 3.87. The van der Waals surface area contributed by atoms with Crippen molar-refractivity contribution in [2.45, 2.75) is 19.9 Å². The zero-order valence-electron chi connectivity index (χ0n) is 15.4. The first kappa shape index (κ1) is 18.8. The fourth-order valence-electron chi connectivity index (χ4n) is 2.37. The quantitative estimate of drug-likeness (QED) is 0.706. The van der Waals surface area contributed by atoms with Gasteiger partial charge in [-0.15, -0.1) is 10.2 Å². The molecule has 2 aromatic heterocycles. The first-order chi connectivity index (χ1) is 13.0. The van der Waals surface area contributed by atoms with Gasteiger partial charge in [-0.1, -0.05) is 30.4 Å². The molecule has 2 amide bonds. The first-order valence-corrected chi connectivity index (χ1v) is 9.31. The summed E-state index contributed by atoms with van der Waals surface area (Å²) >= 11 is 1.50. The SMILES string of the molecule is CCc1nnc(CNC(=O)c2ccc(-c3ccc(C(=O)N(C)C)o3)cc2)s1. The van der Waals surface area contributed by atoms with Crippen molar-refractivity contribution in [2.24, 2.45) is 0 Å². The van der Waals surface area contributed by atoms with Crippen LogP contribution >= 0.6 is 11.3 Å². The van der Waals surface area contributed by atoms with E-state index in [0.717, 1.165) is 22.0 Å². The van der Waals surface area contributed by atoms with E-state index in [1.807, 2.05) is 6.92 Å². The van der Waals surface area contributed by atoms with Crippen molar-refractivity contribution < 1.29 is 14.0 Å². The van der Waals surface area contributed by atoms with Crippen LogP contribution in [0.2, 0.25) is 0 Å². The molecule has 0 saturated carbocycles. The molecule has 0 aliphatic rings. The number of nitrogens with one attached hydrogen (secondary N) is 1. The average molecular weight is 384 g/mol. The molecule has 1 N–H and O–H groups in total. The smallest absolute Gasteiger partial charge is 0.289 e. The van der Waals surface area contributed by atoms with Crippen molar-refractivity contribution in [3.63, 3.8) is 0 Å². The van der Waals surface area contributed by atoms with Crippen LogP contribution in [0.4, 0.5) is 0 Å². The van der Waals surface area contributed by atoms with Crippen LogP contribution in [0.3, 0.4) is 0 Å². The monoisotopic (exact) mass is 384 g/mol. The molecule has 0 fully saturated rings. The van der Waals surface area contributed by atoms with E-state index in [1.54, 1.807) is 50.5 Å². The number of furan rings is 1. The Morgan fingerprint density at radius 1 is 1.07 bits per heavy atom. The average Bonchev–Trinajstić information content (AvgIpc) is 3.35. The highest BCUT2D eigenvalue weighted by Gasteiger charge is 2.14. The highest BCUT2D eigenvalue weighted by Crippen LogP contribution is 2.23. The Bertz CT molecular complexity index is 944. The Labute approximate surface area is 161 Å². The van der Waals surface area contributed by atoms with E-state index in [4.69, 9.17) is 4.42 Å². The molecule has 0 bridgehead atoms. The van der Waals surface area contributed by atoms with Gasteiger partial charge in [-0.05, 0) is 30.7 Å². The summed E-state index contributed by atoms with van der Waals surface area (Å²) in [5, 5.41) is 12.7. The van der Waals surface area contributed by atoms with E-state index in [2.05, 4.69) is 15.5 Å². The van der Waals surface area contributed by atoms with E-state index < -0.39 is 0 Å². The zero-order chi connectivity index (χ0) is 19.4. The van der Waals surface area contributed by atoms with Crippen molar-refractivity contribution in [2.75, 3.05) is 14.1 Å². The number of rotatable bonds is 6. The van der Waals surface area contributed by atoms with Crippen LogP contribution in [-0.2, 0) is 13.0 Å². The van der Waals surface area contributed by atoms with Crippen molar-refractivity contribution in [1.82, 2.24) is 20.4 Å². The van der Waals surface area contributed by atoms with Gasteiger partial charge in [0.1, 0.15) is 15.8 Å². The third kappa shape index (κ3) is 4.40. The Morgan fingerprint density at radius 3 is 2.41 bits per heavy atom. The Balaban J connectivity index is 1.64. The molecule has 7 nitrogen and oxygen atoms in total. The van der Waals surface area contributed by atoms with Crippen LogP contribution in [0, 0.1) is 0 Å². The molecule has 27 heavy (non-hydrogen) atoms. The van der Waals surface area contributed by atoms with Gasteiger partial charge in [-0.25, -0.2) is 0 Å². The van der Waals surface area contributed by atoms with Crippen LogP contribution in [0.1, 0.15) is 37.9 Å². The normalized spacial score (nSPS) is 10.6. The minimum atomic E-state index is -0.194. The summed E-state index contributed by atoms with van der Waals surface area (Å²) in [7, 11) is 3.34. The minimum absolute atomic E-state index is 0.183. The number of amides is 2. The maximum Gasteiger partial charge on any atom is 0.289 e. The molecule has 1 aromatic carbocycles. The predicted molar refractivity (Wildman–Crippen MR) is 103 cm³/mol. The molecule has 2 heterocycles. The minimum Gasteiger partial charge on any atom is -0.451 e. The maximum atomic E-state index is 12.3. The summed E-state index contributed by atoms with van der Waals surface area (Å²) in [4.78, 5) is 25.7. The van der Waals surface area contributed by atoms with Gasteiger partial charge in [0, 0.05) is 25.2 Å². The van der Waals surface area contributed by atoms with Crippen molar-refractivity contribution in [3.05, 3.63) is 57.7 Å². The number of benzene rings is 1. The number of aryl methyl sites for hydroxylation is 1. The molecule has 0 aliphatic carbocycles. The molecule has 0 spiro atoms.